The number of para-hydroxylation sites is 1. The van der Waals surface area contributed by atoms with Crippen molar-refractivity contribution in [2.24, 2.45) is 0 Å². The van der Waals surface area contributed by atoms with Crippen molar-refractivity contribution in [1.29, 1.82) is 0 Å². The van der Waals surface area contributed by atoms with Crippen molar-refractivity contribution >= 4 is 15.9 Å². The molecule has 0 aliphatic heterocycles. The van der Waals surface area contributed by atoms with Crippen molar-refractivity contribution in [3.05, 3.63) is 52.5 Å². The fourth-order valence-electron chi connectivity index (χ4n) is 1.85. The number of ether oxygens (including phenoxy) is 2. The molecule has 1 N–H and O–H groups in total. The summed E-state index contributed by atoms with van der Waals surface area (Å²) in [7, 11) is 1.57. The van der Waals surface area contributed by atoms with Gasteiger partial charge in [0.25, 0.3) is 0 Å². The maximum atomic E-state index is 9.89. The maximum absolute atomic E-state index is 9.89. The second-order valence-electron chi connectivity index (χ2n) is 4.08. The predicted octanol–water partition coefficient (Wildman–Crippen LogP) is 4.30. The molecule has 0 saturated carbocycles. The lowest BCUT2D eigenvalue weighted by atomic mass is 10.1. The Morgan fingerprint density at radius 3 is 2.26 bits per heavy atom. The number of aliphatic hydroxyl groups is 1. The van der Waals surface area contributed by atoms with Crippen molar-refractivity contribution in [3.8, 4) is 17.2 Å². The van der Waals surface area contributed by atoms with E-state index >= 15 is 0 Å². The topological polar surface area (TPSA) is 38.7 Å². The molecule has 0 aliphatic rings. The van der Waals surface area contributed by atoms with Crippen molar-refractivity contribution in [2.45, 2.75) is 13.0 Å². The van der Waals surface area contributed by atoms with Gasteiger partial charge in [-0.3, -0.25) is 0 Å². The number of benzene rings is 2. The Labute approximate surface area is 120 Å². The zero-order valence-corrected chi connectivity index (χ0v) is 12.3. The van der Waals surface area contributed by atoms with Gasteiger partial charge in [0.15, 0.2) is 0 Å². The third kappa shape index (κ3) is 3.08. The SMILES string of the molecule is COc1cccc(Oc2ccccc2Br)c1[C@H](C)O. The van der Waals surface area contributed by atoms with Crippen molar-refractivity contribution < 1.29 is 14.6 Å². The van der Waals surface area contributed by atoms with Crippen LogP contribution in [0.25, 0.3) is 0 Å². The second-order valence-corrected chi connectivity index (χ2v) is 4.93. The maximum Gasteiger partial charge on any atom is 0.141 e. The number of halogens is 1. The molecule has 0 fully saturated rings. The first-order chi connectivity index (χ1) is 9.13. The molecule has 0 radical (unpaired) electrons. The quantitative estimate of drug-likeness (QED) is 0.911. The van der Waals surface area contributed by atoms with Crippen LogP contribution in [0.3, 0.4) is 0 Å². The Balaban J connectivity index is 2.43. The van der Waals surface area contributed by atoms with E-state index in [1.54, 1.807) is 20.1 Å². The Hall–Kier alpha value is -1.52. The summed E-state index contributed by atoms with van der Waals surface area (Å²) in [6, 6.07) is 13.0. The minimum atomic E-state index is -0.673. The van der Waals surface area contributed by atoms with E-state index in [0.717, 1.165) is 4.47 Å². The molecule has 0 aliphatic carbocycles. The van der Waals surface area contributed by atoms with Gasteiger partial charge in [0.2, 0.25) is 0 Å². The molecule has 19 heavy (non-hydrogen) atoms. The number of hydrogen-bond acceptors (Lipinski definition) is 3. The summed E-state index contributed by atoms with van der Waals surface area (Å²) in [5.74, 6) is 1.89. The Bertz CT molecular complexity index is 567. The molecule has 0 aromatic heterocycles. The largest absolute Gasteiger partial charge is 0.496 e. The molecular weight excluding hydrogens is 308 g/mol. The monoisotopic (exact) mass is 322 g/mol. The van der Waals surface area contributed by atoms with E-state index in [9.17, 15) is 5.11 Å². The van der Waals surface area contributed by atoms with Gasteiger partial charge in [-0.1, -0.05) is 18.2 Å². The van der Waals surface area contributed by atoms with Gasteiger partial charge in [-0.2, -0.15) is 0 Å². The summed E-state index contributed by atoms with van der Waals surface area (Å²) in [6.07, 6.45) is -0.673. The highest BCUT2D eigenvalue weighted by molar-refractivity contribution is 9.10. The summed E-state index contributed by atoms with van der Waals surface area (Å²) < 4.78 is 12.0. The average molecular weight is 323 g/mol. The molecule has 2 rings (SSSR count). The molecule has 0 amide bonds. The molecule has 0 heterocycles. The molecule has 3 nitrogen and oxygen atoms in total. The molecule has 2 aromatic rings. The third-order valence-electron chi connectivity index (χ3n) is 2.72. The lowest BCUT2D eigenvalue weighted by Crippen LogP contribution is -2.00. The van der Waals surface area contributed by atoms with E-state index in [0.29, 0.717) is 22.8 Å². The Morgan fingerprint density at radius 1 is 1.00 bits per heavy atom. The van der Waals surface area contributed by atoms with Crippen molar-refractivity contribution in [2.75, 3.05) is 7.11 Å². The predicted molar refractivity (Wildman–Crippen MR) is 77.8 cm³/mol. The van der Waals surface area contributed by atoms with Gasteiger partial charge in [0.1, 0.15) is 17.2 Å². The highest BCUT2D eigenvalue weighted by atomic mass is 79.9. The van der Waals surface area contributed by atoms with E-state index in [-0.39, 0.29) is 0 Å². The van der Waals surface area contributed by atoms with Crippen molar-refractivity contribution in [1.82, 2.24) is 0 Å². The molecule has 0 spiro atoms. The first kappa shape index (κ1) is 13.9. The molecule has 0 unspecified atom stereocenters. The smallest absolute Gasteiger partial charge is 0.141 e. The van der Waals surface area contributed by atoms with E-state index in [2.05, 4.69) is 15.9 Å². The minimum absolute atomic E-state index is 0.584. The highest BCUT2D eigenvalue weighted by Gasteiger charge is 2.16. The van der Waals surface area contributed by atoms with Crippen LogP contribution in [-0.2, 0) is 0 Å². The zero-order valence-electron chi connectivity index (χ0n) is 10.8. The van der Waals surface area contributed by atoms with Crippen LogP contribution in [0.5, 0.6) is 17.2 Å². The Morgan fingerprint density at radius 2 is 1.63 bits per heavy atom. The third-order valence-corrected chi connectivity index (χ3v) is 3.38. The fraction of sp³-hybridized carbons (Fsp3) is 0.200. The van der Waals surface area contributed by atoms with Crippen LogP contribution in [0.1, 0.15) is 18.6 Å². The summed E-state index contributed by atoms with van der Waals surface area (Å²) in [6.45, 7) is 1.69. The van der Waals surface area contributed by atoms with Gasteiger partial charge in [-0.25, -0.2) is 0 Å². The lowest BCUT2D eigenvalue weighted by Gasteiger charge is -2.17. The second kappa shape index (κ2) is 6.08. The number of methoxy groups -OCH3 is 1. The van der Waals surface area contributed by atoms with Gasteiger partial charge < -0.3 is 14.6 Å². The van der Waals surface area contributed by atoms with Gasteiger partial charge in [0, 0.05) is 0 Å². The van der Waals surface area contributed by atoms with Crippen LogP contribution in [-0.4, -0.2) is 12.2 Å². The molecule has 0 bridgehead atoms. The number of aliphatic hydroxyl groups excluding tert-OH is 1. The van der Waals surface area contributed by atoms with Crippen LogP contribution >= 0.6 is 15.9 Å². The standard InChI is InChI=1S/C15H15BrO3/c1-10(17)15-13(18-2)8-5-9-14(15)19-12-7-4-3-6-11(12)16/h3-10,17H,1-2H3/t10-/m0/s1. The van der Waals surface area contributed by atoms with Crippen LogP contribution < -0.4 is 9.47 Å². The number of rotatable bonds is 4. The molecular formula is C15H15BrO3. The van der Waals surface area contributed by atoms with Crippen LogP contribution in [0.4, 0.5) is 0 Å². The molecule has 1 atom stereocenters. The molecule has 4 heteroatoms. The zero-order chi connectivity index (χ0) is 13.8. The van der Waals surface area contributed by atoms with E-state index in [1.807, 2.05) is 36.4 Å². The van der Waals surface area contributed by atoms with Crippen LogP contribution in [0.2, 0.25) is 0 Å². The highest BCUT2D eigenvalue weighted by Crippen LogP contribution is 2.38. The van der Waals surface area contributed by atoms with E-state index in [4.69, 9.17) is 9.47 Å². The summed E-state index contributed by atoms with van der Waals surface area (Å²) in [5.41, 5.74) is 0.640. The van der Waals surface area contributed by atoms with Gasteiger partial charge in [-0.05, 0) is 47.1 Å². The normalized spacial score (nSPS) is 12.0. The van der Waals surface area contributed by atoms with Crippen molar-refractivity contribution in [3.63, 3.8) is 0 Å². The van der Waals surface area contributed by atoms with E-state index < -0.39 is 6.10 Å². The fourth-order valence-corrected chi connectivity index (χ4v) is 2.21. The average Bonchev–Trinajstić information content (AvgIpc) is 2.40. The van der Waals surface area contributed by atoms with Crippen LogP contribution in [0, 0.1) is 0 Å². The van der Waals surface area contributed by atoms with Gasteiger partial charge in [-0.15, -0.1) is 0 Å². The summed E-state index contributed by atoms with van der Waals surface area (Å²) in [5, 5.41) is 9.89. The summed E-state index contributed by atoms with van der Waals surface area (Å²) in [4.78, 5) is 0. The molecule has 0 saturated heterocycles. The number of hydrogen-bond donors (Lipinski definition) is 1. The molecule has 100 valence electrons. The lowest BCUT2D eigenvalue weighted by molar-refractivity contribution is 0.190. The minimum Gasteiger partial charge on any atom is -0.496 e. The first-order valence-corrected chi connectivity index (χ1v) is 6.70. The van der Waals surface area contributed by atoms with Gasteiger partial charge in [0.05, 0.1) is 23.2 Å². The van der Waals surface area contributed by atoms with E-state index in [1.165, 1.54) is 0 Å². The Kier molecular flexibility index (Phi) is 4.45. The summed E-state index contributed by atoms with van der Waals surface area (Å²) >= 11 is 3.43. The molecule has 2 aromatic carbocycles. The van der Waals surface area contributed by atoms with Crippen LogP contribution in [0.15, 0.2) is 46.9 Å². The van der Waals surface area contributed by atoms with Gasteiger partial charge >= 0.3 is 0 Å². The first-order valence-electron chi connectivity index (χ1n) is 5.91.